The molecule has 0 aliphatic heterocycles. The summed E-state index contributed by atoms with van der Waals surface area (Å²) in [5.74, 6) is 0.553. The number of anilines is 1. The van der Waals surface area contributed by atoms with Crippen LogP contribution in [-0.4, -0.2) is 15.9 Å². The summed E-state index contributed by atoms with van der Waals surface area (Å²) < 4.78 is 18.6. The number of nitrogens with zero attached hydrogens (tertiary/aromatic N) is 2. The molecule has 1 aromatic carbocycles. The summed E-state index contributed by atoms with van der Waals surface area (Å²) in [7, 11) is 0. The molecular formula is C19H14FN3O2S2. The Kier molecular flexibility index (Phi) is 5.08. The van der Waals surface area contributed by atoms with Gasteiger partial charge in [0.2, 0.25) is 5.91 Å². The van der Waals surface area contributed by atoms with Crippen molar-refractivity contribution in [2.45, 2.75) is 12.8 Å². The van der Waals surface area contributed by atoms with Crippen molar-refractivity contribution in [3.8, 4) is 21.9 Å². The molecule has 0 radical (unpaired) electrons. The Morgan fingerprint density at radius 3 is 2.81 bits per heavy atom. The lowest BCUT2D eigenvalue weighted by Crippen LogP contribution is -2.12. The summed E-state index contributed by atoms with van der Waals surface area (Å²) in [6.07, 6.45) is 2.18. The number of carbonyl (C=O) groups excluding carboxylic acids is 1. The van der Waals surface area contributed by atoms with Crippen molar-refractivity contribution in [3.63, 3.8) is 0 Å². The fraction of sp³-hybridized carbons (Fsp3) is 0.105. The van der Waals surface area contributed by atoms with Gasteiger partial charge in [0.15, 0.2) is 16.8 Å². The van der Waals surface area contributed by atoms with E-state index in [1.165, 1.54) is 23.5 Å². The molecule has 4 aromatic rings. The van der Waals surface area contributed by atoms with Gasteiger partial charge < -0.3 is 9.73 Å². The molecule has 0 atom stereocenters. The van der Waals surface area contributed by atoms with Crippen molar-refractivity contribution in [1.82, 2.24) is 9.97 Å². The van der Waals surface area contributed by atoms with Gasteiger partial charge in [-0.05, 0) is 35.7 Å². The van der Waals surface area contributed by atoms with Gasteiger partial charge in [-0.2, -0.15) is 0 Å². The van der Waals surface area contributed by atoms with Gasteiger partial charge in [0, 0.05) is 23.8 Å². The van der Waals surface area contributed by atoms with E-state index in [0.29, 0.717) is 23.2 Å². The Bertz CT molecular complexity index is 1040. The largest absolute Gasteiger partial charge is 0.441 e. The van der Waals surface area contributed by atoms with E-state index in [0.717, 1.165) is 16.1 Å². The Morgan fingerprint density at radius 1 is 1.19 bits per heavy atom. The van der Waals surface area contributed by atoms with Crippen molar-refractivity contribution in [1.29, 1.82) is 0 Å². The Morgan fingerprint density at radius 2 is 2.04 bits per heavy atom. The SMILES string of the molecule is O=C(CCc1ncc(-c2ccc(F)cc2)o1)Nc1nc(-c2cccs2)cs1. The van der Waals surface area contributed by atoms with Crippen molar-refractivity contribution in [2.75, 3.05) is 5.32 Å². The molecule has 0 unspecified atom stereocenters. The minimum Gasteiger partial charge on any atom is -0.441 e. The maximum Gasteiger partial charge on any atom is 0.226 e. The third kappa shape index (κ3) is 4.29. The third-order valence-corrected chi connectivity index (χ3v) is 5.42. The molecule has 5 nitrogen and oxygen atoms in total. The quantitative estimate of drug-likeness (QED) is 0.482. The highest BCUT2D eigenvalue weighted by Crippen LogP contribution is 2.28. The summed E-state index contributed by atoms with van der Waals surface area (Å²) in [5, 5.41) is 7.28. The van der Waals surface area contributed by atoms with Gasteiger partial charge in [0.1, 0.15) is 5.82 Å². The number of rotatable bonds is 6. The van der Waals surface area contributed by atoms with Crippen LogP contribution in [0.15, 0.2) is 57.8 Å². The van der Waals surface area contributed by atoms with Crippen LogP contribution in [0.4, 0.5) is 9.52 Å². The molecule has 0 bridgehead atoms. The first-order valence-corrected chi connectivity index (χ1v) is 9.93. The molecule has 0 aliphatic rings. The molecule has 3 heterocycles. The van der Waals surface area contributed by atoms with Crippen LogP contribution in [0, 0.1) is 5.82 Å². The van der Waals surface area contributed by atoms with Crippen LogP contribution in [-0.2, 0) is 11.2 Å². The lowest BCUT2D eigenvalue weighted by Gasteiger charge is -2.00. The number of hydrogen-bond donors (Lipinski definition) is 1. The molecule has 0 aliphatic carbocycles. The van der Waals surface area contributed by atoms with E-state index < -0.39 is 0 Å². The first-order valence-electron chi connectivity index (χ1n) is 8.17. The van der Waals surface area contributed by atoms with E-state index >= 15 is 0 Å². The van der Waals surface area contributed by atoms with E-state index in [4.69, 9.17) is 4.42 Å². The highest BCUT2D eigenvalue weighted by atomic mass is 32.1. The zero-order valence-corrected chi connectivity index (χ0v) is 15.6. The molecule has 1 amide bonds. The Balaban J connectivity index is 1.32. The number of thiophene rings is 1. The molecule has 27 heavy (non-hydrogen) atoms. The smallest absolute Gasteiger partial charge is 0.226 e. The zero-order valence-electron chi connectivity index (χ0n) is 14.0. The average Bonchev–Trinajstić information content (AvgIpc) is 3.42. The summed E-state index contributed by atoms with van der Waals surface area (Å²) >= 11 is 3.00. The monoisotopic (exact) mass is 399 g/mol. The van der Waals surface area contributed by atoms with Gasteiger partial charge in [0.05, 0.1) is 16.8 Å². The lowest BCUT2D eigenvalue weighted by atomic mass is 10.2. The van der Waals surface area contributed by atoms with E-state index in [-0.39, 0.29) is 18.1 Å². The molecule has 3 aromatic heterocycles. The first-order chi connectivity index (χ1) is 13.2. The number of oxazole rings is 1. The minimum absolute atomic E-state index is 0.149. The Hall–Kier alpha value is -2.84. The van der Waals surface area contributed by atoms with Crippen molar-refractivity contribution in [2.24, 2.45) is 0 Å². The number of hydrogen-bond acceptors (Lipinski definition) is 6. The van der Waals surface area contributed by atoms with Gasteiger partial charge in [0.25, 0.3) is 0 Å². The molecule has 0 saturated carbocycles. The predicted octanol–water partition coefficient (Wildman–Crippen LogP) is 5.24. The maximum absolute atomic E-state index is 13.0. The van der Waals surface area contributed by atoms with E-state index in [2.05, 4.69) is 15.3 Å². The van der Waals surface area contributed by atoms with Crippen LogP contribution in [0.1, 0.15) is 12.3 Å². The number of thiazole rings is 1. The van der Waals surface area contributed by atoms with Crippen molar-refractivity contribution in [3.05, 3.63) is 65.1 Å². The normalized spacial score (nSPS) is 10.9. The van der Waals surface area contributed by atoms with Crippen molar-refractivity contribution >= 4 is 33.7 Å². The van der Waals surface area contributed by atoms with Crippen molar-refractivity contribution < 1.29 is 13.6 Å². The second-order valence-corrected chi connectivity index (χ2v) is 7.49. The number of halogens is 1. The number of aryl methyl sites for hydroxylation is 1. The van der Waals surface area contributed by atoms with Crippen LogP contribution >= 0.6 is 22.7 Å². The lowest BCUT2D eigenvalue weighted by molar-refractivity contribution is -0.116. The number of nitrogens with one attached hydrogen (secondary N) is 1. The minimum atomic E-state index is -0.306. The summed E-state index contributed by atoms with van der Waals surface area (Å²) in [4.78, 5) is 21.8. The third-order valence-electron chi connectivity index (χ3n) is 3.77. The van der Waals surface area contributed by atoms with Gasteiger partial charge in [-0.25, -0.2) is 14.4 Å². The number of aromatic nitrogens is 2. The van der Waals surface area contributed by atoms with Crippen LogP contribution in [0.25, 0.3) is 21.9 Å². The number of benzene rings is 1. The molecule has 8 heteroatoms. The fourth-order valence-corrected chi connectivity index (χ4v) is 3.93. The molecule has 4 rings (SSSR count). The average molecular weight is 399 g/mol. The highest BCUT2D eigenvalue weighted by Gasteiger charge is 2.11. The number of carbonyl (C=O) groups is 1. The molecule has 0 saturated heterocycles. The molecular weight excluding hydrogens is 385 g/mol. The summed E-state index contributed by atoms with van der Waals surface area (Å²) in [6.45, 7) is 0. The summed E-state index contributed by atoms with van der Waals surface area (Å²) in [6, 6.07) is 9.94. The second kappa shape index (κ2) is 7.81. The van der Waals surface area contributed by atoms with E-state index in [9.17, 15) is 9.18 Å². The van der Waals surface area contributed by atoms with Crippen LogP contribution in [0.2, 0.25) is 0 Å². The van der Waals surface area contributed by atoms with Crippen LogP contribution in [0.5, 0.6) is 0 Å². The van der Waals surface area contributed by atoms with E-state index in [1.54, 1.807) is 29.7 Å². The van der Waals surface area contributed by atoms with Crippen LogP contribution in [0.3, 0.4) is 0 Å². The van der Waals surface area contributed by atoms with E-state index in [1.807, 2.05) is 22.9 Å². The van der Waals surface area contributed by atoms with Gasteiger partial charge in [-0.1, -0.05) is 6.07 Å². The van der Waals surface area contributed by atoms with Gasteiger partial charge in [-0.15, -0.1) is 22.7 Å². The zero-order chi connectivity index (χ0) is 18.6. The van der Waals surface area contributed by atoms with Crippen LogP contribution < -0.4 is 5.32 Å². The fourth-order valence-electron chi connectivity index (χ4n) is 2.44. The molecule has 0 fully saturated rings. The maximum atomic E-state index is 13.0. The molecule has 1 N–H and O–H groups in total. The second-order valence-electron chi connectivity index (χ2n) is 5.69. The highest BCUT2D eigenvalue weighted by molar-refractivity contribution is 7.16. The topological polar surface area (TPSA) is 68.0 Å². The molecule has 136 valence electrons. The predicted molar refractivity (Wildman–Crippen MR) is 104 cm³/mol. The molecule has 0 spiro atoms. The Labute approximate surface area is 162 Å². The number of amides is 1. The summed E-state index contributed by atoms with van der Waals surface area (Å²) in [5.41, 5.74) is 1.60. The van der Waals surface area contributed by atoms with Gasteiger partial charge in [-0.3, -0.25) is 4.79 Å². The standard InChI is InChI=1S/C19H14FN3O2S2/c20-13-5-3-12(4-6-13)15-10-21-18(25-15)8-7-17(24)23-19-22-14(11-27-19)16-2-1-9-26-16/h1-6,9-11H,7-8H2,(H,22,23,24). The first kappa shape index (κ1) is 17.6. The van der Waals surface area contributed by atoms with Gasteiger partial charge >= 0.3 is 0 Å².